The van der Waals surface area contributed by atoms with E-state index in [2.05, 4.69) is 40.7 Å². The Hall–Kier alpha value is -0.510. The number of hydrogen-bond donors (Lipinski definition) is 0. The van der Waals surface area contributed by atoms with Crippen molar-refractivity contribution in [1.82, 2.24) is 0 Å². The van der Waals surface area contributed by atoms with Crippen molar-refractivity contribution in [2.24, 2.45) is 23.7 Å². The quantitative estimate of drug-likeness (QED) is 0.408. The van der Waals surface area contributed by atoms with Crippen LogP contribution in [-0.2, 0) is 0 Å². The van der Waals surface area contributed by atoms with Gasteiger partial charge in [0.15, 0.2) is 0 Å². The molecular formula is C18H35N. The minimum atomic E-state index is 0.270. The van der Waals surface area contributed by atoms with Crippen LogP contribution in [0, 0.1) is 35.0 Å². The Morgan fingerprint density at radius 2 is 1.16 bits per heavy atom. The van der Waals surface area contributed by atoms with Gasteiger partial charge in [-0.3, -0.25) is 0 Å². The molecular weight excluding hydrogens is 230 g/mol. The summed E-state index contributed by atoms with van der Waals surface area (Å²) >= 11 is 0. The number of nitriles is 1. The molecule has 0 aromatic heterocycles. The van der Waals surface area contributed by atoms with Crippen molar-refractivity contribution in [1.29, 1.82) is 5.26 Å². The highest BCUT2D eigenvalue weighted by Crippen LogP contribution is 2.20. The molecule has 0 aromatic rings. The van der Waals surface area contributed by atoms with Gasteiger partial charge < -0.3 is 0 Å². The minimum Gasteiger partial charge on any atom is -0.198 e. The third-order valence-corrected chi connectivity index (χ3v) is 4.53. The molecule has 19 heavy (non-hydrogen) atoms. The van der Waals surface area contributed by atoms with E-state index in [4.69, 9.17) is 5.26 Å². The highest BCUT2D eigenvalue weighted by molar-refractivity contribution is 4.84. The van der Waals surface area contributed by atoms with Crippen LogP contribution in [0.25, 0.3) is 0 Å². The summed E-state index contributed by atoms with van der Waals surface area (Å²) in [6.45, 7) is 11.3. The molecule has 0 N–H and O–H groups in total. The Morgan fingerprint density at radius 1 is 0.684 bits per heavy atom. The van der Waals surface area contributed by atoms with Gasteiger partial charge in [0.2, 0.25) is 0 Å². The summed E-state index contributed by atoms with van der Waals surface area (Å²) in [6, 6.07) is 2.44. The van der Waals surface area contributed by atoms with Crippen LogP contribution in [0.5, 0.6) is 0 Å². The molecule has 0 aliphatic rings. The molecule has 0 saturated carbocycles. The molecule has 0 aliphatic heterocycles. The van der Waals surface area contributed by atoms with E-state index in [0.717, 1.165) is 18.3 Å². The van der Waals surface area contributed by atoms with Crippen LogP contribution >= 0.6 is 0 Å². The Morgan fingerprint density at radius 3 is 1.58 bits per heavy atom. The molecule has 0 radical (unpaired) electrons. The molecule has 2 unspecified atom stereocenters. The van der Waals surface area contributed by atoms with Crippen molar-refractivity contribution in [2.45, 2.75) is 86.0 Å². The molecule has 1 heteroatoms. The average Bonchev–Trinajstić information content (AvgIpc) is 2.36. The highest BCUT2D eigenvalue weighted by atomic mass is 14.3. The first kappa shape index (κ1) is 18.5. The van der Waals surface area contributed by atoms with E-state index in [1.807, 2.05) is 0 Å². The zero-order chi connectivity index (χ0) is 14.7. The van der Waals surface area contributed by atoms with E-state index in [0.29, 0.717) is 5.92 Å². The molecule has 0 rings (SSSR count). The van der Waals surface area contributed by atoms with E-state index in [-0.39, 0.29) is 5.92 Å². The lowest BCUT2D eigenvalue weighted by Crippen LogP contribution is -2.05. The zero-order valence-corrected chi connectivity index (χ0v) is 13.9. The van der Waals surface area contributed by atoms with Gasteiger partial charge in [0.05, 0.1) is 6.07 Å². The van der Waals surface area contributed by atoms with E-state index < -0.39 is 0 Å². The van der Waals surface area contributed by atoms with E-state index in [1.165, 1.54) is 44.9 Å². The van der Waals surface area contributed by atoms with E-state index >= 15 is 0 Å². The van der Waals surface area contributed by atoms with Gasteiger partial charge in [-0.15, -0.1) is 0 Å². The highest BCUT2D eigenvalue weighted by Gasteiger charge is 2.11. The summed E-state index contributed by atoms with van der Waals surface area (Å²) < 4.78 is 0. The topological polar surface area (TPSA) is 23.8 Å². The Kier molecular flexibility index (Phi) is 11.0. The lowest BCUT2D eigenvalue weighted by atomic mass is 9.91. The summed E-state index contributed by atoms with van der Waals surface area (Å²) in [5, 5.41) is 9.02. The second kappa shape index (κ2) is 11.3. The van der Waals surface area contributed by atoms with Gasteiger partial charge in [-0.25, -0.2) is 0 Å². The molecule has 0 fully saturated rings. The molecule has 0 aliphatic carbocycles. The maximum atomic E-state index is 9.02. The smallest absolute Gasteiger partial charge is 0.0658 e. The summed E-state index contributed by atoms with van der Waals surface area (Å²) in [7, 11) is 0. The van der Waals surface area contributed by atoms with Gasteiger partial charge in [-0.2, -0.15) is 5.26 Å². The molecule has 0 spiro atoms. The number of rotatable bonds is 11. The molecule has 0 aromatic carbocycles. The lowest BCUT2D eigenvalue weighted by Gasteiger charge is -2.14. The summed E-state index contributed by atoms with van der Waals surface area (Å²) in [5.41, 5.74) is 0. The second-order valence-electron chi connectivity index (χ2n) is 6.90. The van der Waals surface area contributed by atoms with Crippen LogP contribution in [0.1, 0.15) is 86.0 Å². The first-order valence-electron chi connectivity index (χ1n) is 8.38. The fourth-order valence-electron chi connectivity index (χ4n) is 2.42. The Balaban J connectivity index is 3.35. The molecule has 112 valence electrons. The monoisotopic (exact) mass is 265 g/mol. The predicted octanol–water partition coefficient (Wildman–Crippen LogP) is 6.20. The summed E-state index contributed by atoms with van der Waals surface area (Å²) in [5.74, 6) is 2.50. The SMILES string of the molecule is CC(C)C(C)CCCCCCCCC(C#N)C(C)C. The van der Waals surface area contributed by atoms with Crippen LogP contribution in [-0.4, -0.2) is 0 Å². The van der Waals surface area contributed by atoms with Crippen LogP contribution in [0.15, 0.2) is 0 Å². The van der Waals surface area contributed by atoms with Crippen LogP contribution in [0.4, 0.5) is 0 Å². The lowest BCUT2D eigenvalue weighted by molar-refractivity contribution is 0.373. The Bertz CT molecular complexity index is 237. The normalized spacial score (nSPS) is 14.6. The van der Waals surface area contributed by atoms with Crippen molar-refractivity contribution >= 4 is 0 Å². The van der Waals surface area contributed by atoms with Crippen molar-refractivity contribution < 1.29 is 0 Å². The third-order valence-electron chi connectivity index (χ3n) is 4.53. The molecule has 0 bridgehead atoms. The van der Waals surface area contributed by atoms with Crippen molar-refractivity contribution in [2.75, 3.05) is 0 Å². The number of unbranched alkanes of at least 4 members (excludes halogenated alkanes) is 5. The minimum absolute atomic E-state index is 0.270. The van der Waals surface area contributed by atoms with Crippen molar-refractivity contribution in [3.63, 3.8) is 0 Å². The fourth-order valence-corrected chi connectivity index (χ4v) is 2.42. The van der Waals surface area contributed by atoms with Gasteiger partial charge in [-0.1, -0.05) is 79.6 Å². The first-order chi connectivity index (χ1) is 8.99. The van der Waals surface area contributed by atoms with Crippen LogP contribution in [0.2, 0.25) is 0 Å². The molecule has 0 saturated heterocycles. The molecule has 0 amide bonds. The fraction of sp³-hybridized carbons (Fsp3) is 0.944. The van der Waals surface area contributed by atoms with Crippen LogP contribution in [0.3, 0.4) is 0 Å². The average molecular weight is 265 g/mol. The van der Waals surface area contributed by atoms with Gasteiger partial charge in [0.25, 0.3) is 0 Å². The Labute approximate surface area is 121 Å². The zero-order valence-electron chi connectivity index (χ0n) is 13.9. The largest absolute Gasteiger partial charge is 0.198 e. The molecule has 2 atom stereocenters. The van der Waals surface area contributed by atoms with Crippen molar-refractivity contribution in [3.05, 3.63) is 0 Å². The van der Waals surface area contributed by atoms with Gasteiger partial charge in [0.1, 0.15) is 0 Å². The van der Waals surface area contributed by atoms with E-state index in [9.17, 15) is 0 Å². The number of nitrogens with zero attached hydrogens (tertiary/aromatic N) is 1. The summed E-state index contributed by atoms with van der Waals surface area (Å²) in [6.07, 6.45) is 10.6. The molecule has 0 heterocycles. The maximum Gasteiger partial charge on any atom is 0.0658 e. The van der Waals surface area contributed by atoms with E-state index in [1.54, 1.807) is 0 Å². The van der Waals surface area contributed by atoms with Gasteiger partial charge >= 0.3 is 0 Å². The van der Waals surface area contributed by atoms with Crippen molar-refractivity contribution in [3.8, 4) is 6.07 Å². The predicted molar refractivity (Wildman–Crippen MR) is 84.9 cm³/mol. The van der Waals surface area contributed by atoms with Crippen LogP contribution < -0.4 is 0 Å². The summed E-state index contributed by atoms with van der Waals surface area (Å²) in [4.78, 5) is 0. The van der Waals surface area contributed by atoms with Gasteiger partial charge in [0, 0.05) is 5.92 Å². The third kappa shape index (κ3) is 10.00. The number of hydrogen-bond acceptors (Lipinski definition) is 1. The second-order valence-corrected chi connectivity index (χ2v) is 6.90. The standard InChI is InChI=1S/C18H35N/c1-15(2)17(5)12-10-8-6-7-9-11-13-18(14-19)16(3)4/h15-18H,6-13H2,1-5H3. The first-order valence-corrected chi connectivity index (χ1v) is 8.38. The molecule has 1 nitrogen and oxygen atoms in total. The maximum absolute atomic E-state index is 9.02. The van der Waals surface area contributed by atoms with Gasteiger partial charge in [-0.05, 0) is 24.2 Å².